The summed E-state index contributed by atoms with van der Waals surface area (Å²) >= 11 is 0. The van der Waals surface area contributed by atoms with E-state index in [1.165, 1.54) is 0 Å². The van der Waals surface area contributed by atoms with E-state index in [1.54, 1.807) is 6.92 Å². The van der Waals surface area contributed by atoms with Crippen LogP contribution in [0.25, 0.3) is 0 Å². The molecule has 0 bridgehead atoms. The van der Waals surface area contributed by atoms with Gasteiger partial charge in [-0.2, -0.15) is 0 Å². The number of nitrogens with two attached hydrogens (primary N) is 1. The van der Waals surface area contributed by atoms with E-state index in [0.29, 0.717) is 6.42 Å². The molecule has 1 atom stereocenters. The Balaban J connectivity index is 2.72. The summed E-state index contributed by atoms with van der Waals surface area (Å²) in [6, 6.07) is 0. The predicted molar refractivity (Wildman–Crippen MR) is 59.2 cm³/mol. The molecule has 1 rings (SSSR count). The van der Waals surface area contributed by atoms with Crippen LogP contribution in [0.15, 0.2) is 11.4 Å². The quantitative estimate of drug-likeness (QED) is 0.618. The van der Waals surface area contributed by atoms with Gasteiger partial charge in [-0.05, 0) is 18.3 Å². The van der Waals surface area contributed by atoms with Crippen molar-refractivity contribution in [2.24, 2.45) is 17.1 Å². The molecule has 0 aromatic rings. The maximum absolute atomic E-state index is 11.7. The number of carbonyl (C=O) groups is 2. The van der Waals surface area contributed by atoms with Crippen molar-refractivity contribution in [1.29, 1.82) is 0 Å². The number of carboxylic acids is 1. The average Bonchev–Trinajstić information content (AvgIpc) is 2.82. The number of carbonyl (C=O) groups excluding carboxylic acids is 1. The van der Waals surface area contributed by atoms with Crippen molar-refractivity contribution in [3.05, 3.63) is 11.4 Å². The molecule has 1 aliphatic rings. The van der Waals surface area contributed by atoms with Gasteiger partial charge in [0.2, 0.25) is 5.91 Å². The minimum Gasteiger partial charge on any atom is -0.477 e. The van der Waals surface area contributed by atoms with E-state index >= 15 is 0 Å². The minimum atomic E-state index is -1.19. The molecule has 90 valence electrons. The molecule has 0 aromatic carbocycles. The lowest BCUT2D eigenvalue weighted by Gasteiger charge is -2.09. The molecule has 5 nitrogen and oxygen atoms in total. The highest BCUT2D eigenvalue weighted by molar-refractivity contribution is 5.95. The number of rotatable bonds is 4. The van der Waals surface area contributed by atoms with Crippen molar-refractivity contribution in [2.45, 2.75) is 33.6 Å². The number of amides is 1. The fourth-order valence-corrected chi connectivity index (χ4v) is 1.57. The highest BCUT2D eigenvalue weighted by Crippen LogP contribution is 2.51. The molecule has 0 heterocycles. The van der Waals surface area contributed by atoms with Gasteiger partial charge in [-0.1, -0.05) is 20.8 Å². The second-order valence-corrected chi connectivity index (χ2v) is 4.79. The van der Waals surface area contributed by atoms with E-state index in [9.17, 15) is 9.59 Å². The molecule has 0 aliphatic heterocycles. The third kappa shape index (κ3) is 2.53. The first kappa shape index (κ1) is 12.5. The Morgan fingerprint density at radius 3 is 2.31 bits per heavy atom. The van der Waals surface area contributed by atoms with Crippen LogP contribution < -0.4 is 11.1 Å². The van der Waals surface area contributed by atoms with Gasteiger partial charge in [0.1, 0.15) is 5.70 Å². The van der Waals surface area contributed by atoms with Crippen LogP contribution in [0, 0.1) is 11.3 Å². The van der Waals surface area contributed by atoms with Crippen LogP contribution in [0.5, 0.6) is 0 Å². The summed E-state index contributed by atoms with van der Waals surface area (Å²) in [7, 11) is 0. The molecular formula is C11H18N2O3. The van der Waals surface area contributed by atoms with Crippen LogP contribution >= 0.6 is 0 Å². The Morgan fingerprint density at radius 1 is 1.50 bits per heavy atom. The van der Waals surface area contributed by atoms with E-state index in [1.807, 2.05) is 13.8 Å². The average molecular weight is 226 g/mol. The Bertz CT molecular complexity index is 358. The maximum atomic E-state index is 11.7. The highest BCUT2D eigenvalue weighted by atomic mass is 16.4. The van der Waals surface area contributed by atoms with Crippen LogP contribution in [0.2, 0.25) is 0 Å². The van der Waals surface area contributed by atoms with E-state index in [2.05, 4.69) is 5.32 Å². The molecule has 1 amide bonds. The first-order valence-electron chi connectivity index (χ1n) is 5.32. The summed E-state index contributed by atoms with van der Waals surface area (Å²) in [6.45, 7) is 5.70. The van der Waals surface area contributed by atoms with Gasteiger partial charge < -0.3 is 16.2 Å². The lowest BCUT2D eigenvalue weighted by molar-refractivity contribution is -0.135. The lowest BCUT2D eigenvalue weighted by atomic mass is 10.1. The largest absolute Gasteiger partial charge is 0.477 e. The van der Waals surface area contributed by atoms with E-state index in [0.717, 1.165) is 6.42 Å². The molecule has 0 radical (unpaired) electrons. The zero-order valence-corrected chi connectivity index (χ0v) is 9.83. The molecule has 16 heavy (non-hydrogen) atoms. The van der Waals surface area contributed by atoms with Gasteiger partial charge in [0.05, 0.1) is 0 Å². The summed E-state index contributed by atoms with van der Waals surface area (Å²) in [5.41, 5.74) is 5.53. The van der Waals surface area contributed by atoms with Crippen molar-refractivity contribution in [3.63, 3.8) is 0 Å². The first-order chi connectivity index (χ1) is 7.29. The normalized spacial score (nSPS) is 23.3. The minimum absolute atomic E-state index is 0.0192. The van der Waals surface area contributed by atoms with Crippen LogP contribution in [0.4, 0.5) is 0 Å². The van der Waals surface area contributed by atoms with E-state index in [4.69, 9.17) is 10.8 Å². The molecule has 0 aromatic heterocycles. The van der Waals surface area contributed by atoms with Gasteiger partial charge in [0.25, 0.3) is 0 Å². The van der Waals surface area contributed by atoms with Gasteiger partial charge in [0, 0.05) is 11.6 Å². The molecule has 0 saturated heterocycles. The maximum Gasteiger partial charge on any atom is 0.354 e. The van der Waals surface area contributed by atoms with Crippen molar-refractivity contribution in [2.75, 3.05) is 0 Å². The van der Waals surface area contributed by atoms with Gasteiger partial charge >= 0.3 is 5.97 Å². The Kier molecular flexibility index (Phi) is 3.26. The van der Waals surface area contributed by atoms with E-state index in [-0.39, 0.29) is 28.6 Å². The molecule has 1 fully saturated rings. The monoisotopic (exact) mass is 226 g/mol. The molecule has 4 N–H and O–H groups in total. The summed E-state index contributed by atoms with van der Waals surface area (Å²) in [6.07, 6.45) is 1.19. The zero-order valence-electron chi connectivity index (χ0n) is 9.83. The lowest BCUT2D eigenvalue weighted by Crippen LogP contribution is -2.32. The van der Waals surface area contributed by atoms with Gasteiger partial charge in [-0.3, -0.25) is 4.79 Å². The Morgan fingerprint density at radius 2 is 2.00 bits per heavy atom. The standard InChI is InChI=1S/C11H18N2O3/c1-4-7(12)8(10(15)16)13-9(14)6-5-11(6,2)3/h6H,4-5,12H2,1-3H3,(H,13,14)(H,15,16). The SMILES string of the molecule is CCC(N)=C(NC(=O)C1CC1(C)C)C(=O)O. The third-order valence-corrected chi connectivity index (χ3v) is 2.99. The van der Waals surface area contributed by atoms with Gasteiger partial charge in [-0.25, -0.2) is 4.79 Å². The van der Waals surface area contributed by atoms with Crippen molar-refractivity contribution >= 4 is 11.9 Å². The summed E-state index contributed by atoms with van der Waals surface area (Å²) in [4.78, 5) is 22.6. The molecule has 5 heteroatoms. The zero-order chi connectivity index (χ0) is 12.5. The number of aliphatic carboxylic acids is 1. The highest BCUT2D eigenvalue weighted by Gasteiger charge is 2.50. The Labute approximate surface area is 94.7 Å². The van der Waals surface area contributed by atoms with Crippen LogP contribution in [-0.4, -0.2) is 17.0 Å². The summed E-state index contributed by atoms with van der Waals surface area (Å²) < 4.78 is 0. The molecule has 1 unspecified atom stereocenters. The van der Waals surface area contributed by atoms with Crippen LogP contribution in [0.3, 0.4) is 0 Å². The molecule has 1 saturated carbocycles. The smallest absolute Gasteiger partial charge is 0.354 e. The van der Waals surface area contributed by atoms with Crippen molar-refractivity contribution < 1.29 is 14.7 Å². The number of carboxylic acid groups (broad SMARTS) is 1. The van der Waals surface area contributed by atoms with E-state index < -0.39 is 5.97 Å². The molecule has 1 aliphatic carbocycles. The molecule has 0 spiro atoms. The number of allylic oxidation sites excluding steroid dienone is 1. The summed E-state index contributed by atoms with van der Waals surface area (Å²) in [5.74, 6) is -1.54. The van der Waals surface area contributed by atoms with Gasteiger partial charge in [-0.15, -0.1) is 0 Å². The number of hydrogen-bond acceptors (Lipinski definition) is 3. The molecular weight excluding hydrogens is 208 g/mol. The third-order valence-electron chi connectivity index (χ3n) is 2.99. The number of hydrogen-bond donors (Lipinski definition) is 3. The van der Waals surface area contributed by atoms with Crippen LogP contribution in [0.1, 0.15) is 33.6 Å². The predicted octanol–water partition coefficient (Wildman–Crippen LogP) is 0.814. The fourth-order valence-electron chi connectivity index (χ4n) is 1.57. The number of nitrogens with one attached hydrogen (secondary N) is 1. The second kappa shape index (κ2) is 4.15. The Hall–Kier alpha value is -1.52. The van der Waals surface area contributed by atoms with Gasteiger partial charge in [0.15, 0.2) is 0 Å². The van der Waals surface area contributed by atoms with Crippen molar-refractivity contribution in [3.8, 4) is 0 Å². The topological polar surface area (TPSA) is 92.4 Å². The fraction of sp³-hybridized carbons (Fsp3) is 0.636. The van der Waals surface area contributed by atoms with Crippen LogP contribution in [-0.2, 0) is 9.59 Å². The summed E-state index contributed by atoms with van der Waals surface area (Å²) in [5, 5.41) is 11.3. The second-order valence-electron chi connectivity index (χ2n) is 4.79. The first-order valence-corrected chi connectivity index (χ1v) is 5.32. The van der Waals surface area contributed by atoms with Crippen molar-refractivity contribution in [1.82, 2.24) is 5.32 Å².